The summed E-state index contributed by atoms with van der Waals surface area (Å²) in [7, 11) is -6.42. The highest BCUT2D eigenvalue weighted by molar-refractivity contribution is 7.93. The van der Waals surface area contributed by atoms with Crippen LogP contribution in [-0.4, -0.2) is 35.1 Å². The predicted molar refractivity (Wildman–Crippen MR) is 93.6 cm³/mol. The minimum Gasteiger partial charge on any atom is -0.279 e. The monoisotopic (exact) mass is 385 g/mol. The molecule has 0 aliphatic carbocycles. The van der Waals surface area contributed by atoms with Crippen LogP contribution in [0.4, 0.5) is 17.1 Å². The maximum atomic E-state index is 12.5. The van der Waals surface area contributed by atoms with Crippen LogP contribution < -0.4 is 9.03 Å². The van der Waals surface area contributed by atoms with Crippen LogP contribution in [0, 0.1) is 10.1 Å². The first-order valence-electron chi connectivity index (χ1n) is 6.82. The van der Waals surface area contributed by atoms with Crippen LogP contribution in [0.25, 0.3) is 0 Å². The lowest BCUT2D eigenvalue weighted by Crippen LogP contribution is -2.25. The number of nitrogens with zero attached hydrogens (tertiary/aromatic N) is 2. The van der Waals surface area contributed by atoms with Gasteiger partial charge in [-0.3, -0.25) is 19.1 Å². The molecule has 2 aromatic rings. The molecule has 2 aromatic carbocycles. The fraction of sp³-hybridized carbons (Fsp3) is 0.143. The molecule has 25 heavy (non-hydrogen) atoms. The Hall–Kier alpha value is -2.66. The molecule has 0 aliphatic heterocycles. The zero-order valence-electron chi connectivity index (χ0n) is 13.3. The SMILES string of the molecule is CN(c1cccc(NS(=O)(=O)c2ccccc2[N+](=O)[O-])c1)S(C)(=O)=O. The summed E-state index contributed by atoms with van der Waals surface area (Å²) in [5.74, 6) is 0. The van der Waals surface area contributed by atoms with Crippen LogP contribution in [0.2, 0.25) is 0 Å². The van der Waals surface area contributed by atoms with Gasteiger partial charge < -0.3 is 0 Å². The number of rotatable bonds is 6. The minimum atomic E-state index is -4.23. The van der Waals surface area contributed by atoms with E-state index in [4.69, 9.17) is 0 Å². The topological polar surface area (TPSA) is 127 Å². The Labute approximate surface area is 145 Å². The van der Waals surface area contributed by atoms with Crippen molar-refractivity contribution in [3.05, 3.63) is 58.6 Å². The molecule has 0 heterocycles. The average molecular weight is 385 g/mol. The third-order valence-corrected chi connectivity index (χ3v) is 5.95. The molecule has 0 spiro atoms. The van der Waals surface area contributed by atoms with Crippen molar-refractivity contribution in [1.29, 1.82) is 0 Å². The lowest BCUT2D eigenvalue weighted by Gasteiger charge is -2.17. The van der Waals surface area contributed by atoms with E-state index in [-0.39, 0.29) is 11.4 Å². The van der Waals surface area contributed by atoms with Crippen molar-refractivity contribution < 1.29 is 21.8 Å². The van der Waals surface area contributed by atoms with Crippen LogP contribution >= 0.6 is 0 Å². The van der Waals surface area contributed by atoms with E-state index in [1.807, 2.05) is 0 Å². The van der Waals surface area contributed by atoms with Crippen molar-refractivity contribution in [2.45, 2.75) is 4.90 Å². The lowest BCUT2D eigenvalue weighted by atomic mass is 10.3. The summed E-state index contributed by atoms with van der Waals surface area (Å²) < 4.78 is 51.3. The highest BCUT2D eigenvalue weighted by atomic mass is 32.2. The van der Waals surface area contributed by atoms with E-state index in [2.05, 4.69) is 4.72 Å². The molecular weight excluding hydrogens is 370 g/mol. The number of para-hydroxylation sites is 1. The van der Waals surface area contributed by atoms with Crippen LogP contribution in [-0.2, 0) is 20.0 Å². The normalized spacial score (nSPS) is 11.8. The summed E-state index contributed by atoms with van der Waals surface area (Å²) >= 11 is 0. The quantitative estimate of drug-likeness (QED) is 0.597. The van der Waals surface area contributed by atoms with Crippen molar-refractivity contribution in [1.82, 2.24) is 0 Å². The minimum absolute atomic E-state index is 0.0751. The van der Waals surface area contributed by atoms with Crippen molar-refractivity contribution >= 4 is 37.1 Å². The highest BCUT2D eigenvalue weighted by Gasteiger charge is 2.25. The van der Waals surface area contributed by atoms with Crippen LogP contribution in [0.3, 0.4) is 0 Å². The summed E-state index contributed by atoms with van der Waals surface area (Å²) in [6.07, 6.45) is 1.01. The summed E-state index contributed by atoms with van der Waals surface area (Å²) in [5, 5.41) is 11.0. The molecule has 0 bridgehead atoms. The zero-order chi connectivity index (χ0) is 18.8. The number of nitro groups is 1. The van der Waals surface area contributed by atoms with E-state index in [0.29, 0.717) is 0 Å². The van der Waals surface area contributed by atoms with Gasteiger partial charge in [0.2, 0.25) is 10.0 Å². The first-order valence-corrected chi connectivity index (χ1v) is 10.2. The molecule has 0 radical (unpaired) electrons. The van der Waals surface area contributed by atoms with E-state index >= 15 is 0 Å². The van der Waals surface area contributed by atoms with Crippen LogP contribution in [0.1, 0.15) is 0 Å². The van der Waals surface area contributed by atoms with Crippen molar-refractivity contribution in [3.8, 4) is 0 Å². The van der Waals surface area contributed by atoms with Crippen LogP contribution in [0.5, 0.6) is 0 Å². The number of hydrogen-bond donors (Lipinski definition) is 1. The molecule has 11 heteroatoms. The molecular formula is C14H15N3O6S2. The van der Waals surface area contributed by atoms with Crippen molar-refractivity contribution in [3.63, 3.8) is 0 Å². The Morgan fingerprint density at radius 2 is 1.68 bits per heavy atom. The van der Waals surface area contributed by atoms with Gasteiger partial charge in [-0.2, -0.15) is 0 Å². The smallest absolute Gasteiger partial charge is 0.279 e. The summed E-state index contributed by atoms with van der Waals surface area (Å²) in [6.45, 7) is 0. The number of benzene rings is 2. The molecule has 2 rings (SSSR count). The Balaban J connectivity index is 2.42. The fourth-order valence-corrected chi connectivity index (χ4v) is 3.72. The largest absolute Gasteiger partial charge is 0.289 e. The van der Waals surface area contributed by atoms with Gasteiger partial charge in [0, 0.05) is 13.1 Å². The van der Waals surface area contributed by atoms with Gasteiger partial charge in [-0.05, 0) is 24.3 Å². The maximum Gasteiger partial charge on any atom is 0.289 e. The Kier molecular flexibility index (Phi) is 4.99. The van der Waals surface area contributed by atoms with E-state index in [0.717, 1.165) is 22.7 Å². The first kappa shape index (κ1) is 18.7. The van der Waals surface area contributed by atoms with Gasteiger partial charge in [0.1, 0.15) is 0 Å². The second-order valence-corrected chi connectivity index (χ2v) is 8.78. The molecule has 0 atom stereocenters. The van der Waals surface area contributed by atoms with Gasteiger partial charge in [-0.25, -0.2) is 16.8 Å². The molecule has 0 saturated heterocycles. The Morgan fingerprint density at radius 1 is 1.04 bits per heavy atom. The number of sulfonamides is 2. The van der Waals surface area contributed by atoms with E-state index in [1.165, 1.54) is 43.4 Å². The zero-order valence-corrected chi connectivity index (χ0v) is 14.9. The molecule has 134 valence electrons. The van der Waals surface area contributed by atoms with E-state index in [9.17, 15) is 26.9 Å². The summed E-state index contributed by atoms with van der Waals surface area (Å²) in [5.41, 5.74) is -0.240. The molecule has 1 N–H and O–H groups in total. The number of anilines is 2. The molecule has 0 unspecified atom stereocenters. The number of nitrogens with one attached hydrogen (secondary N) is 1. The number of nitro benzene ring substituents is 1. The van der Waals surface area contributed by atoms with E-state index in [1.54, 1.807) is 0 Å². The third-order valence-electron chi connectivity index (χ3n) is 3.31. The second kappa shape index (κ2) is 6.69. The lowest BCUT2D eigenvalue weighted by molar-refractivity contribution is -0.387. The second-order valence-electron chi connectivity index (χ2n) is 5.11. The first-order chi connectivity index (χ1) is 11.5. The predicted octanol–water partition coefficient (Wildman–Crippen LogP) is 1.79. The van der Waals surface area contributed by atoms with Gasteiger partial charge in [-0.15, -0.1) is 0 Å². The molecule has 9 nitrogen and oxygen atoms in total. The van der Waals surface area contributed by atoms with Crippen LogP contribution in [0.15, 0.2) is 53.4 Å². The fourth-order valence-electron chi connectivity index (χ4n) is 2.00. The number of hydrogen-bond acceptors (Lipinski definition) is 6. The summed E-state index contributed by atoms with van der Waals surface area (Å²) in [6, 6.07) is 10.6. The molecule has 0 amide bonds. The van der Waals surface area contributed by atoms with Gasteiger partial charge in [0.25, 0.3) is 15.7 Å². The standard InChI is InChI=1S/C14H15N3O6S2/c1-16(24(2,20)21)12-7-5-6-11(10-12)15-25(22,23)14-9-4-3-8-13(14)17(18)19/h3-10,15H,1-2H3. The Morgan fingerprint density at radius 3 is 2.28 bits per heavy atom. The maximum absolute atomic E-state index is 12.5. The molecule has 0 saturated carbocycles. The van der Waals surface area contributed by atoms with Crippen molar-refractivity contribution in [2.24, 2.45) is 0 Å². The van der Waals surface area contributed by atoms with Gasteiger partial charge in [0.15, 0.2) is 4.90 Å². The van der Waals surface area contributed by atoms with E-state index < -0.39 is 35.6 Å². The highest BCUT2D eigenvalue weighted by Crippen LogP contribution is 2.27. The molecule has 0 aromatic heterocycles. The Bertz CT molecular complexity index is 1020. The van der Waals surface area contributed by atoms with Gasteiger partial charge in [0.05, 0.1) is 22.6 Å². The molecule has 0 aliphatic rings. The van der Waals surface area contributed by atoms with Gasteiger partial charge >= 0.3 is 0 Å². The third kappa shape index (κ3) is 4.25. The summed E-state index contributed by atoms with van der Waals surface area (Å²) in [4.78, 5) is 9.74. The van der Waals surface area contributed by atoms with Crippen molar-refractivity contribution in [2.75, 3.05) is 22.3 Å². The average Bonchev–Trinajstić information content (AvgIpc) is 2.53. The molecule has 0 fully saturated rings. The van der Waals surface area contributed by atoms with Gasteiger partial charge in [-0.1, -0.05) is 18.2 Å².